The van der Waals surface area contributed by atoms with E-state index >= 15 is 0 Å². The van der Waals surface area contributed by atoms with E-state index in [1.54, 1.807) is 6.07 Å². The highest BCUT2D eigenvalue weighted by molar-refractivity contribution is 5.47. The van der Waals surface area contributed by atoms with Gasteiger partial charge in [0.15, 0.2) is 0 Å². The number of hydrogen-bond acceptors (Lipinski definition) is 2. The van der Waals surface area contributed by atoms with Crippen LogP contribution in [-0.4, -0.2) is 5.11 Å². The second-order valence-electron chi connectivity index (χ2n) is 3.77. The molecule has 0 aromatic heterocycles. The van der Waals surface area contributed by atoms with E-state index in [4.69, 9.17) is 5.73 Å². The van der Waals surface area contributed by atoms with Gasteiger partial charge in [-0.2, -0.15) is 0 Å². The second-order valence-corrected chi connectivity index (χ2v) is 3.77. The summed E-state index contributed by atoms with van der Waals surface area (Å²) in [4.78, 5) is 0. The van der Waals surface area contributed by atoms with Crippen molar-refractivity contribution in [3.8, 4) is 5.75 Å². The van der Waals surface area contributed by atoms with E-state index < -0.39 is 0 Å². The fourth-order valence-corrected chi connectivity index (χ4v) is 2.14. The molecule has 0 heterocycles. The lowest BCUT2D eigenvalue weighted by atomic mass is 9.98. The molecule has 2 nitrogen and oxygen atoms in total. The summed E-state index contributed by atoms with van der Waals surface area (Å²) in [7, 11) is 0. The third kappa shape index (κ3) is 1.31. The van der Waals surface area contributed by atoms with Crippen LogP contribution < -0.4 is 5.73 Å². The Kier molecular flexibility index (Phi) is 2.00. The molecule has 0 aliphatic heterocycles. The van der Waals surface area contributed by atoms with Crippen molar-refractivity contribution in [1.82, 2.24) is 0 Å². The van der Waals surface area contributed by atoms with Crippen LogP contribution >= 0.6 is 0 Å². The van der Waals surface area contributed by atoms with Crippen LogP contribution in [0.4, 0.5) is 0 Å². The first-order valence-corrected chi connectivity index (χ1v) is 4.79. The van der Waals surface area contributed by atoms with E-state index in [9.17, 15) is 5.11 Å². The number of nitrogens with two attached hydrogens (primary N) is 1. The second kappa shape index (κ2) is 3.04. The first kappa shape index (κ1) is 8.57. The SMILES string of the molecule is C[C@H](N)c1ccc(O)c2c1CCC2. The van der Waals surface area contributed by atoms with Crippen molar-refractivity contribution in [3.63, 3.8) is 0 Å². The monoisotopic (exact) mass is 177 g/mol. The third-order valence-electron chi connectivity index (χ3n) is 2.79. The highest BCUT2D eigenvalue weighted by atomic mass is 16.3. The number of fused-ring (bicyclic) bond motifs is 1. The average molecular weight is 177 g/mol. The summed E-state index contributed by atoms with van der Waals surface area (Å²) in [6.07, 6.45) is 3.22. The summed E-state index contributed by atoms with van der Waals surface area (Å²) in [5.41, 5.74) is 9.46. The summed E-state index contributed by atoms with van der Waals surface area (Å²) in [6, 6.07) is 3.79. The predicted octanol–water partition coefficient (Wildman–Crippen LogP) is 1.90. The molecule has 1 aromatic rings. The van der Waals surface area contributed by atoms with Crippen molar-refractivity contribution in [2.24, 2.45) is 5.73 Å². The van der Waals surface area contributed by atoms with Gasteiger partial charge in [-0.1, -0.05) is 6.07 Å². The highest BCUT2D eigenvalue weighted by Crippen LogP contribution is 2.34. The molecule has 0 bridgehead atoms. The van der Waals surface area contributed by atoms with Gasteiger partial charge in [0.1, 0.15) is 5.75 Å². The molecule has 1 aliphatic carbocycles. The Hall–Kier alpha value is -1.02. The van der Waals surface area contributed by atoms with Crippen LogP contribution in [0.2, 0.25) is 0 Å². The van der Waals surface area contributed by atoms with Crippen LogP contribution in [0.15, 0.2) is 12.1 Å². The minimum absolute atomic E-state index is 0.0763. The zero-order valence-corrected chi connectivity index (χ0v) is 7.88. The minimum Gasteiger partial charge on any atom is -0.508 e. The summed E-state index contributed by atoms with van der Waals surface area (Å²) in [6.45, 7) is 1.99. The Morgan fingerprint density at radius 1 is 1.31 bits per heavy atom. The molecule has 0 saturated carbocycles. The van der Waals surface area contributed by atoms with E-state index in [2.05, 4.69) is 0 Å². The van der Waals surface area contributed by atoms with Gasteiger partial charge in [0.2, 0.25) is 0 Å². The van der Waals surface area contributed by atoms with Crippen LogP contribution in [0.1, 0.15) is 36.1 Å². The minimum atomic E-state index is 0.0763. The standard InChI is InChI=1S/C11H15NO/c1-7(12)8-5-6-11(13)10-4-2-3-9(8)10/h5-7,13H,2-4,12H2,1H3/t7-/m0/s1. The van der Waals surface area contributed by atoms with Crippen molar-refractivity contribution in [2.75, 3.05) is 0 Å². The fourth-order valence-electron chi connectivity index (χ4n) is 2.14. The largest absolute Gasteiger partial charge is 0.508 e. The summed E-state index contributed by atoms with van der Waals surface area (Å²) in [5.74, 6) is 0.442. The quantitative estimate of drug-likeness (QED) is 0.688. The van der Waals surface area contributed by atoms with Gasteiger partial charge >= 0.3 is 0 Å². The topological polar surface area (TPSA) is 46.2 Å². The Labute approximate surface area is 78.4 Å². The zero-order valence-electron chi connectivity index (χ0n) is 7.88. The molecule has 1 atom stereocenters. The number of phenols is 1. The molecular weight excluding hydrogens is 162 g/mol. The maximum atomic E-state index is 9.60. The Bertz CT molecular complexity index is 331. The van der Waals surface area contributed by atoms with Crippen molar-refractivity contribution in [3.05, 3.63) is 28.8 Å². The molecule has 0 radical (unpaired) electrons. The molecule has 2 rings (SSSR count). The molecule has 0 unspecified atom stereocenters. The van der Waals surface area contributed by atoms with E-state index in [1.165, 1.54) is 11.1 Å². The lowest BCUT2D eigenvalue weighted by Gasteiger charge is -2.12. The van der Waals surface area contributed by atoms with Crippen molar-refractivity contribution in [2.45, 2.75) is 32.2 Å². The molecular formula is C11H15NO. The smallest absolute Gasteiger partial charge is 0.119 e. The van der Waals surface area contributed by atoms with Crippen LogP contribution in [0.25, 0.3) is 0 Å². The van der Waals surface area contributed by atoms with Crippen LogP contribution in [0, 0.1) is 0 Å². The highest BCUT2D eigenvalue weighted by Gasteiger charge is 2.19. The Morgan fingerprint density at radius 2 is 2.00 bits per heavy atom. The average Bonchev–Trinajstić information content (AvgIpc) is 2.53. The van der Waals surface area contributed by atoms with Gasteiger partial charge in [-0.05, 0) is 48.9 Å². The normalized spacial score (nSPS) is 17.1. The maximum absolute atomic E-state index is 9.60. The van der Waals surface area contributed by atoms with Gasteiger partial charge in [0.25, 0.3) is 0 Å². The maximum Gasteiger partial charge on any atom is 0.119 e. The Morgan fingerprint density at radius 3 is 2.69 bits per heavy atom. The molecule has 0 saturated heterocycles. The van der Waals surface area contributed by atoms with Gasteiger partial charge in [0, 0.05) is 6.04 Å². The molecule has 1 aromatic carbocycles. The van der Waals surface area contributed by atoms with Gasteiger partial charge in [-0.3, -0.25) is 0 Å². The molecule has 0 spiro atoms. The molecule has 0 amide bonds. The van der Waals surface area contributed by atoms with Crippen molar-refractivity contribution < 1.29 is 5.11 Å². The number of hydrogen-bond donors (Lipinski definition) is 2. The first-order chi connectivity index (χ1) is 6.20. The van der Waals surface area contributed by atoms with Crippen molar-refractivity contribution >= 4 is 0 Å². The van der Waals surface area contributed by atoms with Gasteiger partial charge in [-0.15, -0.1) is 0 Å². The summed E-state index contributed by atoms with van der Waals surface area (Å²) in [5, 5.41) is 9.60. The van der Waals surface area contributed by atoms with Crippen molar-refractivity contribution in [1.29, 1.82) is 0 Å². The lowest BCUT2D eigenvalue weighted by Crippen LogP contribution is -2.08. The zero-order chi connectivity index (χ0) is 9.42. The molecule has 0 fully saturated rings. The summed E-state index contributed by atoms with van der Waals surface area (Å²) >= 11 is 0. The number of benzene rings is 1. The fraction of sp³-hybridized carbons (Fsp3) is 0.455. The molecule has 1 aliphatic rings. The van der Waals surface area contributed by atoms with E-state index in [1.807, 2.05) is 13.0 Å². The third-order valence-corrected chi connectivity index (χ3v) is 2.79. The van der Waals surface area contributed by atoms with Gasteiger partial charge < -0.3 is 10.8 Å². The van der Waals surface area contributed by atoms with E-state index in [0.29, 0.717) is 5.75 Å². The molecule has 2 heteroatoms. The van der Waals surface area contributed by atoms with Crippen LogP contribution in [-0.2, 0) is 12.8 Å². The first-order valence-electron chi connectivity index (χ1n) is 4.79. The molecule has 70 valence electrons. The number of aromatic hydroxyl groups is 1. The number of phenolic OH excluding ortho intramolecular Hbond substituents is 1. The van der Waals surface area contributed by atoms with E-state index in [-0.39, 0.29) is 6.04 Å². The molecule has 13 heavy (non-hydrogen) atoms. The number of rotatable bonds is 1. The van der Waals surface area contributed by atoms with Gasteiger partial charge in [0.05, 0.1) is 0 Å². The summed E-state index contributed by atoms with van der Waals surface area (Å²) < 4.78 is 0. The van der Waals surface area contributed by atoms with Crippen LogP contribution in [0.5, 0.6) is 5.75 Å². The molecule has 3 N–H and O–H groups in total. The Balaban J connectivity index is 2.56. The predicted molar refractivity (Wildman–Crippen MR) is 52.7 cm³/mol. The van der Waals surface area contributed by atoms with Gasteiger partial charge in [-0.25, -0.2) is 0 Å². The van der Waals surface area contributed by atoms with Crippen LogP contribution in [0.3, 0.4) is 0 Å². The van der Waals surface area contributed by atoms with E-state index in [0.717, 1.165) is 24.8 Å². The lowest BCUT2D eigenvalue weighted by molar-refractivity contribution is 0.468.